The van der Waals surface area contributed by atoms with Crippen LogP contribution in [0, 0.1) is 0 Å². The number of hydrogen-bond acceptors (Lipinski definition) is 12. The Hall–Kier alpha value is -5.75. The highest BCUT2D eigenvalue weighted by Crippen LogP contribution is 2.37. The monoisotopic (exact) mass is 1060 g/mol. The van der Waals surface area contributed by atoms with Crippen LogP contribution in [0.3, 0.4) is 0 Å². The Labute approximate surface area is 436 Å². The molecule has 2 aliphatic heterocycles. The molecule has 2 saturated heterocycles. The van der Waals surface area contributed by atoms with Crippen LogP contribution in [-0.2, 0) is 46.0 Å². The average molecular weight is 1060 g/mol. The number of hydrogen-bond donors (Lipinski definition) is 2. The highest BCUT2D eigenvalue weighted by Gasteiger charge is 2.35. The zero-order valence-electron chi connectivity index (χ0n) is 42.3. The minimum atomic E-state index is 0.188. The van der Waals surface area contributed by atoms with Crippen LogP contribution >= 0.6 is 27.5 Å². The van der Waals surface area contributed by atoms with E-state index in [1.165, 1.54) is 35.1 Å². The van der Waals surface area contributed by atoms with Gasteiger partial charge in [0.1, 0.15) is 5.15 Å². The molecule has 0 saturated carbocycles. The summed E-state index contributed by atoms with van der Waals surface area (Å²) in [5, 5.41) is 14.8. The van der Waals surface area contributed by atoms with E-state index in [2.05, 4.69) is 88.1 Å². The highest BCUT2D eigenvalue weighted by molar-refractivity contribution is 9.10. The lowest BCUT2D eigenvalue weighted by atomic mass is 9.88. The van der Waals surface area contributed by atoms with Gasteiger partial charge in [-0.1, -0.05) is 58.6 Å². The number of halogens is 2. The van der Waals surface area contributed by atoms with E-state index in [1.807, 2.05) is 70.1 Å². The number of ether oxygens (including phenoxy) is 2. The largest absolute Gasteiger partial charge is 0.372 e. The van der Waals surface area contributed by atoms with Crippen LogP contribution in [0.15, 0.2) is 90.2 Å². The van der Waals surface area contributed by atoms with Gasteiger partial charge in [0.05, 0.1) is 53.9 Å². The van der Waals surface area contributed by atoms with Gasteiger partial charge in [-0.2, -0.15) is 10.2 Å². The van der Waals surface area contributed by atoms with E-state index < -0.39 is 0 Å². The number of aryl methyl sites for hydroxylation is 4. The van der Waals surface area contributed by atoms with Gasteiger partial charge in [-0.15, -0.1) is 0 Å². The van der Waals surface area contributed by atoms with Crippen molar-refractivity contribution < 1.29 is 19.1 Å². The minimum Gasteiger partial charge on any atom is -0.372 e. The summed E-state index contributed by atoms with van der Waals surface area (Å²) < 4.78 is 16.1. The summed E-state index contributed by atoms with van der Waals surface area (Å²) >= 11 is 9.27. The lowest BCUT2D eigenvalue weighted by Crippen LogP contribution is -2.55. The van der Waals surface area contributed by atoms with Gasteiger partial charge in [-0.3, -0.25) is 19.0 Å². The second kappa shape index (κ2) is 24.8. The number of aromatic nitrogens is 8. The Morgan fingerprint density at radius 1 is 0.681 bits per heavy atom. The van der Waals surface area contributed by atoms with Crippen molar-refractivity contribution in [3.63, 3.8) is 0 Å². The highest BCUT2D eigenvalue weighted by atomic mass is 79.9. The number of anilines is 4. The molecule has 0 radical (unpaired) electrons. The van der Waals surface area contributed by atoms with Crippen molar-refractivity contribution in [1.82, 2.24) is 49.3 Å². The third kappa shape index (κ3) is 14.7. The maximum atomic E-state index is 13.0. The molecule has 2 N–H and O–H groups in total. The third-order valence-corrected chi connectivity index (χ3v) is 14.0. The molecule has 382 valence electrons. The molecule has 18 heteroatoms. The number of nitrogens with zero attached hydrogens (tertiary/aromatic N) is 10. The van der Waals surface area contributed by atoms with Crippen LogP contribution in [-0.4, -0.2) is 112 Å². The Morgan fingerprint density at radius 3 is 1.68 bits per heavy atom. The number of likely N-dealkylation sites (tertiary alicyclic amines) is 2. The Balaban J connectivity index is 0.000000160. The van der Waals surface area contributed by atoms with E-state index in [0.717, 1.165) is 91.8 Å². The molecule has 6 heterocycles. The van der Waals surface area contributed by atoms with Crippen LogP contribution in [0.25, 0.3) is 11.3 Å². The quantitative estimate of drug-likeness (QED) is 0.0830. The Morgan fingerprint density at radius 2 is 1.18 bits per heavy atom. The van der Waals surface area contributed by atoms with Gasteiger partial charge >= 0.3 is 0 Å². The normalized spacial score (nSPS) is 17.8. The van der Waals surface area contributed by atoms with Gasteiger partial charge < -0.3 is 29.9 Å². The van der Waals surface area contributed by atoms with E-state index in [4.69, 9.17) is 26.1 Å². The number of carbonyl (C=O) groups excluding carboxylic acids is 2. The third-order valence-electron chi connectivity index (χ3n) is 13.3. The Bertz CT molecular complexity index is 2750. The fourth-order valence-electron chi connectivity index (χ4n) is 9.83. The molecule has 2 fully saturated rings. The lowest BCUT2D eigenvalue weighted by Gasteiger charge is -2.40. The molecule has 2 aromatic carbocycles. The standard InChI is InChI=1S/C27H34N6O2.C19H26BrNO2.C8H8ClN5/c1-18(2)35-23-16-33(17-23)26(34)13-20-7-5-4-6-19-12-21(8-9-24(19)20)25-10-11-28-27(31-25)30-22-14-29-32(3)15-22;1-13(2)23-17-11-21(12-17)19(22)10-15-6-4-3-5-14-9-16(20)7-8-18(14)15;1-14-5-6(4-11-14)12-8-10-3-2-7(9)13-8/h8-12,14-15,18,20,23H,4-7,13,16-17H2,1-3H3,(H,28,30,31);7-9,13,15,17H,3-6,10-12H2,1-2H3;2-5H,1H3,(H,10,12,13). The molecule has 6 aromatic rings. The van der Waals surface area contributed by atoms with Crippen molar-refractivity contribution in [2.24, 2.45) is 14.1 Å². The number of fused-ring (bicyclic) bond motifs is 2. The maximum Gasteiger partial charge on any atom is 0.228 e. The van der Waals surface area contributed by atoms with Crippen molar-refractivity contribution in [2.75, 3.05) is 36.8 Å². The zero-order valence-corrected chi connectivity index (χ0v) is 44.6. The summed E-state index contributed by atoms with van der Waals surface area (Å²) in [6, 6.07) is 16.7. The fourth-order valence-corrected chi connectivity index (χ4v) is 10.4. The number of carbonyl (C=O) groups is 2. The molecule has 72 heavy (non-hydrogen) atoms. The first-order chi connectivity index (χ1) is 34.7. The number of rotatable bonds is 13. The summed E-state index contributed by atoms with van der Waals surface area (Å²) in [6.45, 7) is 11.1. The maximum absolute atomic E-state index is 13.0. The lowest BCUT2D eigenvalue weighted by molar-refractivity contribution is -0.149. The topological polar surface area (TPSA) is 170 Å². The zero-order chi connectivity index (χ0) is 50.7. The summed E-state index contributed by atoms with van der Waals surface area (Å²) in [6.07, 6.45) is 21.7. The Kier molecular flexibility index (Phi) is 18.1. The van der Waals surface area contributed by atoms with Crippen molar-refractivity contribution >= 4 is 62.6 Å². The van der Waals surface area contributed by atoms with Crippen LogP contribution in [0.1, 0.15) is 113 Å². The smallest absolute Gasteiger partial charge is 0.228 e. The number of nitrogens with one attached hydrogen (secondary N) is 2. The second-order valence-electron chi connectivity index (χ2n) is 19.8. The SMILES string of the molecule is CC(C)OC1CN(C(=O)CC2CCCCc3cc(-c4ccnc(Nc5cnn(C)c5)n4)ccc32)C1.CC(C)OC1CN(C(=O)CC2CCCCc3cc(Br)ccc32)C1.Cn1cc(Nc2nccc(Cl)n2)cn1. The van der Waals surface area contributed by atoms with Crippen molar-refractivity contribution in [3.8, 4) is 11.3 Å². The molecule has 2 amide bonds. The van der Waals surface area contributed by atoms with Crippen LogP contribution in [0.2, 0.25) is 5.15 Å². The second-order valence-corrected chi connectivity index (χ2v) is 21.1. The molecular weight excluding hydrogens is 996 g/mol. The summed E-state index contributed by atoms with van der Waals surface area (Å²) in [4.78, 5) is 46.5. The van der Waals surface area contributed by atoms with E-state index in [-0.39, 0.29) is 42.1 Å². The predicted molar refractivity (Wildman–Crippen MR) is 285 cm³/mol. The van der Waals surface area contributed by atoms with Crippen molar-refractivity contribution in [2.45, 2.75) is 128 Å². The van der Waals surface area contributed by atoms with E-state index in [9.17, 15) is 9.59 Å². The van der Waals surface area contributed by atoms with Crippen molar-refractivity contribution in [3.05, 3.63) is 118 Å². The molecular formula is C54H68BrClN12O4. The first-order valence-corrected chi connectivity index (χ1v) is 26.5. The molecule has 2 atom stereocenters. The first kappa shape index (κ1) is 52.6. The summed E-state index contributed by atoms with van der Waals surface area (Å²) in [5.74, 6) is 2.19. The molecule has 4 aliphatic rings. The van der Waals surface area contributed by atoms with Crippen molar-refractivity contribution in [1.29, 1.82) is 0 Å². The van der Waals surface area contributed by atoms with Gasteiger partial charge in [0.2, 0.25) is 23.7 Å². The predicted octanol–water partition coefficient (Wildman–Crippen LogP) is 10.3. The molecule has 2 unspecified atom stereocenters. The van der Waals surface area contributed by atoms with Gasteiger partial charge in [-0.25, -0.2) is 19.9 Å². The molecule has 0 spiro atoms. The fraction of sp³-hybridized carbons (Fsp3) is 0.481. The average Bonchev–Trinajstić information content (AvgIpc) is 3.80. The molecule has 4 aromatic heterocycles. The van der Waals surface area contributed by atoms with Gasteiger partial charge in [0.25, 0.3) is 0 Å². The van der Waals surface area contributed by atoms with Crippen LogP contribution in [0.4, 0.5) is 23.3 Å². The van der Waals surface area contributed by atoms with E-state index >= 15 is 0 Å². The van der Waals surface area contributed by atoms with E-state index in [1.54, 1.807) is 40.2 Å². The van der Waals surface area contributed by atoms with Crippen LogP contribution in [0.5, 0.6) is 0 Å². The number of amides is 2. The number of benzene rings is 2. The van der Waals surface area contributed by atoms with Gasteiger partial charge in [-0.05, 0) is 131 Å². The molecule has 10 rings (SSSR count). The first-order valence-electron chi connectivity index (χ1n) is 25.3. The minimum absolute atomic E-state index is 0.188. The van der Waals surface area contributed by atoms with Gasteiger partial charge in [0.15, 0.2) is 0 Å². The molecule has 2 aliphatic carbocycles. The molecule has 16 nitrogen and oxygen atoms in total. The molecule has 0 bridgehead atoms. The van der Waals surface area contributed by atoms with Crippen LogP contribution < -0.4 is 10.6 Å². The van der Waals surface area contributed by atoms with E-state index in [0.29, 0.717) is 35.8 Å². The van der Waals surface area contributed by atoms with Gasteiger partial charge in [0, 0.05) is 87.9 Å². The summed E-state index contributed by atoms with van der Waals surface area (Å²) in [5.41, 5.74) is 9.08. The summed E-state index contributed by atoms with van der Waals surface area (Å²) in [7, 11) is 3.71.